The number of amides is 1. The van der Waals surface area contributed by atoms with E-state index in [0.717, 1.165) is 13.0 Å². The fourth-order valence-corrected chi connectivity index (χ4v) is 2.32. The van der Waals surface area contributed by atoms with E-state index in [1.165, 1.54) is 0 Å². The lowest BCUT2D eigenvalue weighted by molar-refractivity contribution is -0.134. The predicted molar refractivity (Wildman–Crippen MR) is 51.7 cm³/mol. The van der Waals surface area contributed by atoms with Gasteiger partial charge in [-0.25, -0.2) is 8.78 Å². The molecule has 15 heavy (non-hydrogen) atoms. The molecule has 2 rings (SSSR count). The number of rotatable bonds is 2. The molecule has 1 amide bonds. The lowest BCUT2D eigenvalue weighted by Gasteiger charge is -2.19. The van der Waals surface area contributed by atoms with Crippen molar-refractivity contribution >= 4 is 5.91 Å². The van der Waals surface area contributed by atoms with Crippen LogP contribution in [0, 0.1) is 11.8 Å². The maximum absolute atomic E-state index is 12.4. The molecule has 3 nitrogen and oxygen atoms in total. The van der Waals surface area contributed by atoms with Gasteiger partial charge in [0.25, 0.3) is 0 Å². The molecule has 0 aromatic carbocycles. The molecule has 2 atom stereocenters. The van der Waals surface area contributed by atoms with Gasteiger partial charge in [-0.3, -0.25) is 4.79 Å². The zero-order valence-corrected chi connectivity index (χ0v) is 8.59. The molecule has 0 aromatic heterocycles. The molecule has 2 heterocycles. The van der Waals surface area contributed by atoms with E-state index in [1.54, 1.807) is 4.90 Å². The lowest BCUT2D eigenvalue weighted by Crippen LogP contribution is -2.35. The highest BCUT2D eigenvalue weighted by Gasteiger charge is 2.35. The van der Waals surface area contributed by atoms with Crippen LogP contribution in [0.25, 0.3) is 0 Å². The molecule has 0 aliphatic carbocycles. The fourth-order valence-electron chi connectivity index (χ4n) is 2.32. The van der Waals surface area contributed by atoms with Crippen LogP contribution < -0.4 is 5.32 Å². The van der Waals surface area contributed by atoms with E-state index >= 15 is 0 Å². The molecule has 0 radical (unpaired) electrons. The van der Waals surface area contributed by atoms with Gasteiger partial charge in [-0.1, -0.05) is 0 Å². The Bertz CT molecular complexity index is 242. The third-order valence-corrected chi connectivity index (χ3v) is 3.30. The summed E-state index contributed by atoms with van der Waals surface area (Å²) in [6.07, 6.45) is -0.998. The summed E-state index contributed by atoms with van der Waals surface area (Å²) in [6.45, 7) is 2.31. The van der Waals surface area contributed by atoms with Crippen LogP contribution in [-0.4, -0.2) is 43.4 Å². The van der Waals surface area contributed by atoms with Crippen LogP contribution in [0.15, 0.2) is 0 Å². The minimum atomic E-state index is -2.29. The number of hydrogen-bond donors (Lipinski definition) is 1. The van der Waals surface area contributed by atoms with Crippen molar-refractivity contribution in [1.82, 2.24) is 10.2 Å². The molecule has 0 saturated carbocycles. The van der Waals surface area contributed by atoms with Crippen LogP contribution in [0.3, 0.4) is 0 Å². The highest BCUT2D eigenvalue weighted by atomic mass is 19.3. The Morgan fingerprint density at radius 3 is 2.73 bits per heavy atom. The second-order valence-electron chi connectivity index (χ2n) is 4.36. The Kier molecular flexibility index (Phi) is 3.19. The average molecular weight is 218 g/mol. The van der Waals surface area contributed by atoms with Gasteiger partial charge < -0.3 is 10.2 Å². The summed E-state index contributed by atoms with van der Waals surface area (Å²) in [6, 6.07) is 0. The van der Waals surface area contributed by atoms with Gasteiger partial charge in [0.1, 0.15) is 0 Å². The smallest absolute Gasteiger partial charge is 0.243 e. The first-order valence-electron chi connectivity index (χ1n) is 5.46. The minimum absolute atomic E-state index is 0.0152. The number of alkyl halides is 2. The Morgan fingerprint density at radius 2 is 2.20 bits per heavy atom. The maximum atomic E-state index is 12.4. The van der Waals surface area contributed by atoms with E-state index in [4.69, 9.17) is 0 Å². The van der Waals surface area contributed by atoms with Crippen molar-refractivity contribution in [1.29, 1.82) is 0 Å². The highest BCUT2D eigenvalue weighted by Crippen LogP contribution is 2.25. The summed E-state index contributed by atoms with van der Waals surface area (Å²) in [7, 11) is 0. The number of halogens is 2. The molecule has 1 N–H and O–H groups in total. The van der Waals surface area contributed by atoms with Crippen LogP contribution in [0.2, 0.25) is 0 Å². The third kappa shape index (κ3) is 2.27. The molecule has 2 saturated heterocycles. The van der Waals surface area contributed by atoms with Crippen molar-refractivity contribution in [3.8, 4) is 0 Å². The van der Waals surface area contributed by atoms with Crippen molar-refractivity contribution in [3.05, 3.63) is 0 Å². The maximum Gasteiger partial charge on any atom is 0.243 e. The quantitative estimate of drug-likeness (QED) is 0.740. The summed E-state index contributed by atoms with van der Waals surface area (Å²) in [5.41, 5.74) is 0. The summed E-state index contributed by atoms with van der Waals surface area (Å²) in [5.74, 6) is -0.534. The number of nitrogens with one attached hydrogen (secondary N) is 1. The Labute approximate surface area is 87.8 Å². The molecule has 86 valence electrons. The monoisotopic (exact) mass is 218 g/mol. The van der Waals surface area contributed by atoms with Gasteiger partial charge in [0.2, 0.25) is 12.3 Å². The standard InChI is InChI=1S/C10H16F2N2O/c11-9(12)8-2-4-14(6-8)10(15)7-1-3-13-5-7/h7-9,13H,1-6H2/t7-,8-/m1/s1. The van der Waals surface area contributed by atoms with Gasteiger partial charge in [-0.15, -0.1) is 0 Å². The van der Waals surface area contributed by atoms with E-state index in [9.17, 15) is 13.6 Å². The van der Waals surface area contributed by atoms with E-state index in [2.05, 4.69) is 5.32 Å². The molecule has 5 heteroatoms. The van der Waals surface area contributed by atoms with Gasteiger partial charge >= 0.3 is 0 Å². The number of nitrogens with zero attached hydrogens (tertiary/aromatic N) is 1. The van der Waals surface area contributed by atoms with Crippen molar-refractivity contribution in [2.75, 3.05) is 26.2 Å². The Morgan fingerprint density at radius 1 is 1.40 bits per heavy atom. The van der Waals surface area contributed by atoms with E-state index < -0.39 is 12.3 Å². The zero-order valence-electron chi connectivity index (χ0n) is 8.59. The van der Waals surface area contributed by atoms with Crippen LogP contribution in [-0.2, 0) is 4.79 Å². The topological polar surface area (TPSA) is 32.3 Å². The third-order valence-electron chi connectivity index (χ3n) is 3.30. The van der Waals surface area contributed by atoms with E-state index in [0.29, 0.717) is 19.5 Å². The van der Waals surface area contributed by atoms with Crippen molar-refractivity contribution in [2.45, 2.75) is 19.3 Å². The Hall–Kier alpha value is -0.710. The number of likely N-dealkylation sites (tertiary alicyclic amines) is 1. The van der Waals surface area contributed by atoms with Crippen LogP contribution >= 0.6 is 0 Å². The number of carbonyl (C=O) groups is 1. The summed E-state index contributed by atoms with van der Waals surface area (Å²) in [4.78, 5) is 13.5. The van der Waals surface area contributed by atoms with E-state index in [1.807, 2.05) is 0 Å². The molecule has 2 aliphatic heterocycles. The van der Waals surface area contributed by atoms with Crippen molar-refractivity contribution in [2.24, 2.45) is 11.8 Å². The first kappa shape index (κ1) is 10.8. The van der Waals surface area contributed by atoms with Gasteiger partial charge in [-0.05, 0) is 19.4 Å². The van der Waals surface area contributed by atoms with E-state index in [-0.39, 0.29) is 18.4 Å². The molecule has 0 aromatic rings. The van der Waals surface area contributed by atoms with Crippen LogP contribution in [0.4, 0.5) is 8.78 Å². The number of hydrogen-bond acceptors (Lipinski definition) is 2. The predicted octanol–water partition coefficient (Wildman–Crippen LogP) is 0.710. The molecule has 0 unspecified atom stereocenters. The molecule has 2 aliphatic rings. The van der Waals surface area contributed by atoms with Crippen LogP contribution in [0.1, 0.15) is 12.8 Å². The molecule has 2 fully saturated rings. The first-order chi connectivity index (χ1) is 7.18. The summed E-state index contributed by atoms with van der Waals surface area (Å²) >= 11 is 0. The second-order valence-corrected chi connectivity index (χ2v) is 4.36. The summed E-state index contributed by atoms with van der Waals surface area (Å²) < 4.78 is 24.8. The van der Waals surface area contributed by atoms with Gasteiger partial charge in [0.05, 0.1) is 5.92 Å². The lowest BCUT2D eigenvalue weighted by atomic mass is 10.1. The molecular weight excluding hydrogens is 202 g/mol. The molecule has 0 bridgehead atoms. The highest BCUT2D eigenvalue weighted by molar-refractivity contribution is 5.79. The molecule has 0 spiro atoms. The summed E-state index contributed by atoms with van der Waals surface area (Å²) in [5, 5.41) is 3.12. The normalized spacial score (nSPS) is 31.5. The Balaban J connectivity index is 1.87. The second kappa shape index (κ2) is 4.43. The number of carbonyl (C=O) groups excluding carboxylic acids is 1. The van der Waals surface area contributed by atoms with Crippen LogP contribution in [0.5, 0.6) is 0 Å². The average Bonchev–Trinajstić information content (AvgIpc) is 2.88. The van der Waals surface area contributed by atoms with Gasteiger partial charge in [-0.2, -0.15) is 0 Å². The SMILES string of the molecule is O=C([C@@H]1CCNC1)N1CC[C@@H](C(F)F)C1. The van der Waals surface area contributed by atoms with Crippen molar-refractivity contribution in [3.63, 3.8) is 0 Å². The molecular formula is C10H16F2N2O. The van der Waals surface area contributed by atoms with Gasteiger partial charge in [0, 0.05) is 25.6 Å². The van der Waals surface area contributed by atoms with Crippen molar-refractivity contribution < 1.29 is 13.6 Å². The largest absolute Gasteiger partial charge is 0.342 e. The minimum Gasteiger partial charge on any atom is -0.342 e. The van der Waals surface area contributed by atoms with Gasteiger partial charge in [0.15, 0.2) is 0 Å². The first-order valence-corrected chi connectivity index (χ1v) is 5.46. The zero-order chi connectivity index (χ0) is 10.8. The fraction of sp³-hybridized carbons (Fsp3) is 0.900.